The van der Waals surface area contributed by atoms with Crippen molar-refractivity contribution >= 4 is 23.3 Å². The van der Waals surface area contributed by atoms with E-state index in [-0.39, 0.29) is 5.78 Å². The fourth-order valence-electron chi connectivity index (χ4n) is 1.63. The molecule has 14 heavy (non-hydrogen) atoms. The highest BCUT2D eigenvalue weighted by Gasteiger charge is 2.17. The molecular weight excluding hydrogens is 178 g/mol. The Bertz CT molecular complexity index is 553. The first-order valence-corrected chi connectivity index (χ1v) is 4.38. The lowest BCUT2D eigenvalue weighted by molar-refractivity contribution is 0.0996. The van der Waals surface area contributed by atoms with Gasteiger partial charge in [-0.25, -0.2) is 9.98 Å². The van der Waals surface area contributed by atoms with Gasteiger partial charge in [-0.2, -0.15) is 0 Å². The van der Waals surface area contributed by atoms with E-state index in [1.54, 1.807) is 12.4 Å². The van der Waals surface area contributed by atoms with E-state index in [2.05, 4.69) is 9.98 Å². The molecule has 0 fully saturated rings. The van der Waals surface area contributed by atoms with E-state index in [9.17, 15) is 4.79 Å². The lowest BCUT2D eigenvalue weighted by atomic mass is 10.2. The first-order valence-electron chi connectivity index (χ1n) is 4.38. The summed E-state index contributed by atoms with van der Waals surface area (Å²) >= 11 is 0. The second kappa shape index (κ2) is 2.51. The van der Waals surface area contributed by atoms with Crippen molar-refractivity contribution in [2.45, 2.75) is 6.42 Å². The summed E-state index contributed by atoms with van der Waals surface area (Å²) in [5, 5.41) is 0. The number of hydrogen-bond donors (Lipinski definition) is 0. The molecule has 1 aliphatic heterocycles. The molecule has 0 spiro atoms. The first-order chi connectivity index (χ1) is 6.86. The lowest BCUT2D eigenvalue weighted by Gasteiger charge is -2.09. The van der Waals surface area contributed by atoms with Gasteiger partial charge in [0.1, 0.15) is 5.69 Å². The van der Waals surface area contributed by atoms with Crippen molar-refractivity contribution in [3.05, 3.63) is 30.2 Å². The highest BCUT2D eigenvalue weighted by Crippen LogP contribution is 2.23. The molecule has 0 N–H and O–H groups in total. The van der Waals surface area contributed by atoms with Crippen LogP contribution in [0.2, 0.25) is 0 Å². The van der Waals surface area contributed by atoms with Crippen molar-refractivity contribution in [3.8, 4) is 0 Å². The Morgan fingerprint density at radius 1 is 1.43 bits per heavy atom. The van der Waals surface area contributed by atoms with Gasteiger partial charge in [-0.05, 0) is 12.1 Å². The van der Waals surface area contributed by atoms with Gasteiger partial charge in [0.2, 0.25) is 0 Å². The number of rotatable bonds is 0. The summed E-state index contributed by atoms with van der Waals surface area (Å²) in [4.78, 5) is 19.8. The molecule has 2 aromatic rings. The van der Waals surface area contributed by atoms with E-state index >= 15 is 0 Å². The van der Waals surface area contributed by atoms with Crippen LogP contribution in [-0.2, 0) is 0 Å². The Morgan fingerprint density at radius 2 is 2.36 bits per heavy atom. The third-order valence-electron chi connectivity index (χ3n) is 2.30. The second-order valence-corrected chi connectivity index (χ2v) is 3.17. The topological polar surface area (TPSA) is 46.7 Å². The maximum Gasteiger partial charge on any atom is 0.190 e. The van der Waals surface area contributed by atoms with Gasteiger partial charge >= 0.3 is 0 Å². The minimum absolute atomic E-state index is 0.0330. The van der Waals surface area contributed by atoms with Gasteiger partial charge < -0.3 is 0 Å². The summed E-state index contributed by atoms with van der Waals surface area (Å²) in [7, 11) is 0. The summed E-state index contributed by atoms with van der Waals surface area (Å²) in [6, 6.07) is 3.84. The molecule has 0 aromatic carbocycles. The van der Waals surface area contributed by atoms with Crippen LogP contribution < -0.4 is 0 Å². The second-order valence-electron chi connectivity index (χ2n) is 3.17. The third kappa shape index (κ3) is 0.849. The summed E-state index contributed by atoms with van der Waals surface area (Å²) in [5.41, 5.74) is 1.42. The van der Waals surface area contributed by atoms with Crippen LogP contribution in [0.5, 0.6) is 0 Å². The third-order valence-corrected chi connectivity index (χ3v) is 2.30. The minimum atomic E-state index is 0.0330. The van der Waals surface area contributed by atoms with Crippen LogP contribution in [0.15, 0.2) is 29.5 Å². The molecule has 0 atom stereocenters. The van der Waals surface area contributed by atoms with E-state index in [1.165, 1.54) is 0 Å². The van der Waals surface area contributed by atoms with E-state index in [4.69, 9.17) is 0 Å². The van der Waals surface area contributed by atoms with Gasteiger partial charge in [0.15, 0.2) is 11.6 Å². The van der Waals surface area contributed by atoms with Crippen molar-refractivity contribution in [2.24, 2.45) is 4.99 Å². The fourth-order valence-corrected chi connectivity index (χ4v) is 1.63. The number of aliphatic imine (C=N–C) groups is 1. The van der Waals surface area contributed by atoms with E-state index in [0.29, 0.717) is 17.9 Å². The van der Waals surface area contributed by atoms with Crippen LogP contribution in [0, 0.1) is 0 Å². The SMILES string of the molecule is O=C1CC=Nc2c1ncc1cccn21. The fraction of sp³-hybridized carbons (Fsp3) is 0.100. The monoisotopic (exact) mass is 185 g/mol. The van der Waals surface area contributed by atoms with Gasteiger partial charge in [0.05, 0.1) is 11.7 Å². The number of hydrogen-bond acceptors (Lipinski definition) is 3. The van der Waals surface area contributed by atoms with E-state index in [0.717, 1.165) is 5.52 Å². The largest absolute Gasteiger partial charge is 0.298 e. The van der Waals surface area contributed by atoms with Crippen LogP contribution in [-0.4, -0.2) is 21.4 Å². The van der Waals surface area contributed by atoms with Crippen LogP contribution in [0.3, 0.4) is 0 Å². The maximum atomic E-state index is 11.5. The van der Waals surface area contributed by atoms with Gasteiger partial charge in [-0.1, -0.05) is 0 Å². The number of fused-ring (bicyclic) bond motifs is 3. The summed E-state index contributed by atoms with van der Waals surface area (Å²) in [6.07, 6.45) is 5.56. The average molecular weight is 185 g/mol. The standard InChI is InChI=1S/C10H7N3O/c14-8-3-4-11-10-9(8)12-6-7-2-1-5-13(7)10/h1-2,4-6H,3H2. The predicted octanol–water partition coefficient (Wildman–Crippen LogP) is 1.62. The number of ketones is 1. The van der Waals surface area contributed by atoms with Crippen LogP contribution in [0.1, 0.15) is 16.9 Å². The molecule has 3 rings (SSSR count). The smallest absolute Gasteiger partial charge is 0.190 e. The molecule has 0 saturated carbocycles. The highest BCUT2D eigenvalue weighted by molar-refractivity contribution is 6.08. The molecule has 4 nitrogen and oxygen atoms in total. The number of carbonyl (C=O) groups is 1. The Balaban J connectivity index is 2.45. The molecule has 0 bridgehead atoms. The first kappa shape index (κ1) is 7.44. The van der Waals surface area contributed by atoms with Crippen molar-refractivity contribution in [2.75, 3.05) is 0 Å². The molecule has 2 aromatic heterocycles. The molecule has 0 unspecified atom stereocenters. The molecule has 68 valence electrons. The minimum Gasteiger partial charge on any atom is -0.298 e. The molecule has 0 amide bonds. The lowest BCUT2D eigenvalue weighted by Crippen LogP contribution is -2.09. The summed E-state index contributed by atoms with van der Waals surface area (Å²) < 4.78 is 1.87. The zero-order valence-corrected chi connectivity index (χ0v) is 7.34. The maximum absolute atomic E-state index is 11.5. The van der Waals surface area contributed by atoms with Crippen molar-refractivity contribution in [1.29, 1.82) is 0 Å². The summed E-state index contributed by atoms with van der Waals surface area (Å²) in [5.74, 6) is 0.675. The van der Waals surface area contributed by atoms with Gasteiger partial charge in [0, 0.05) is 18.8 Å². The Morgan fingerprint density at radius 3 is 3.29 bits per heavy atom. The average Bonchev–Trinajstić information content (AvgIpc) is 2.66. The summed E-state index contributed by atoms with van der Waals surface area (Å²) in [6.45, 7) is 0. The Hall–Kier alpha value is -1.97. The number of Topliss-reactive ketones (excluding diaryl/α,β-unsaturated/α-hetero) is 1. The van der Waals surface area contributed by atoms with E-state index in [1.807, 2.05) is 22.7 Å². The number of nitrogens with zero attached hydrogens (tertiary/aromatic N) is 3. The van der Waals surface area contributed by atoms with Crippen LogP contribution >= 0.6 is 0 Å². The highest BCUT2D eigenvalue weighted by atomic mass is 16.1. The molecule has 4 heteroatoms. The number of aromatic nitrogens is 2. The van der Waals surface area contributed by atoms with Crippen molar-refractivity contribution < 1.29 is 4.79 Å². The molecule has 0 radical (unpaired) electrons. The zero-order chi connectivity index (χ0) is 9.54. The van der Waals surface area contributed by atoms with Gasteiger partial charge in [-0.15, -0.1) is 0 Å². The molecule has 3 heterocycles. The van der Waals surface area contributed by atoms with E-state index < -0.39 is 0 Å². The van der Waals surface area contributed by atoms with Crippen molar-refractivity contribution in [1.82, 2.24) is 9.38 Å². The zero-order valence-electron chi connectivity index (χ0n) is 7.34. The normalized spacial score (nSPS) is 14.7. The van der Waals surface area contributed by atoms with Crippen LogP contribution in [0.4, 0.5) is 5.82 Å². The van der Waals surface area contributed by atoms with Crippen molar-refractivity contribution in [3.63, 3.8) is 0 Å². The van der Waals surface area contributed by atoms with Crippen LogP contribution in [0.25, 0.3) is 5.52 Å². The molecule has 1 aliphatic rings. The Labute approximate surface area is 79.9 Å². The number of carbonyl (C=O) groups excluding carboxylic acids is 1. The quantitative estimate of drug-likeness (QED) is 0.626. The van der Waals surface area contributed by atoms with Gasteiger partial charge in [0.25, 0.3) is 0 Å². The predicted molar refractivity (Wildman–Crippen MR) is 52.3 cm³/mol. The molecule has 0 saturated heterocycles. The molecular formula is C10H7N3O. The Kier molecular flexibility index (Phi) is 1.33. The molecule has 0 aliphatic carbocycles. The van der Waals surface area contributed by atoms with Gasteiger partial charge in [-0.3, -0.25) is 9.20 Å².